The van der Waals surface area contributed by atoms with Crippen molar-refractivity contribution in [3.63, 3.8) is 0 Å². The lowest BCUT2D eigenvalue weighted by Crippen LogP contribution is -2.53. The Morgan fingerprint density at radius 1 is 1.15 bits per heavy atom. The van der Waals surface area contributed by atoms with E-state index in [1.165, 1.54) is 17.8 Å². The lowest BCUT2D eigenvalue weighted by molar-refractivity contribution is -0.122. The minimum atomic E-state index is -1.000. The second-order valence-corrected chi connectivity index (χ2v) is 9.70. The number of aromatic nitrogens is 2. The average molecular weight is 444 g/mol. The van der Waals surface area contributed by atoms with Crippen LogP contribution in [0.15, 0.2) is 48.8 Å². The minimum Gasteiger partial charge on any atom is -0.323 e. The number of nitriles is 1. The first kappa shape index (κ1) is 21.5. The number of pyridine rings is 2. The molecule has 0 bridgehead atoms. The van der Waals surface area contributed by atoms with E-state index < -0.39 is 5.54 Å². The number of carbonyl (C=O) groups is 1. The molecule has 2 heterocycles. The third-order valence-electron chi connectivity index (χ3n) is 7.67. The van der Waals surface area contributed by atoms with Gasteiger partial charge in [0.15, 0.2) is 0 Å². The van der Waals surface area contributed by atoms with E-state index in [0.717, 1.165) is 36.6 Å². The van der Waals surface area contributed by atoms with Crippen LogP contribution in [-0.2, 0) is 4.79 Å². The molecule has 2 aliphatic rings. The molecule has 2 fully saturated rings. The molecule has 2 saturated carbocycles. The highest BCUT2D eigenvalue weighted by Gasteiger charge is 2.49. The number of hydrogen-bond acceptors (Lipinski definition) is 5. The lowest BCUT2D eigenvalue weighted by Gasteiger charge is -2.31. The molecule has 5 atom stereocenters. The van der Waals surface area contributed by atoms with Gasteiger partial charge in [0.25, 0.3) is 0 Å². The molecule has 33 heavy (non-hydrogen) atoms. The molecular formula is C26H26FN5O. The Balaban J connectivity index is 1.27. The number of hydrogen-bond donors (Lipinski definition) is 2. The second-order valence-electron chi connectivity index (χ2n) is 9.70. The molecule has 7 heteroatoms. The van der Waals surface area contributed by atoms with Gasteiger partial charge in [0.2, 0.25) is 5.91 Å². The smallest absolute Gasteiger partial charge is 0.244 e. The fourth-order valence-corrected chi connectivity index (χ4v) is 5.84. The number of nitrogens with one attached hydrogen (secondary N) is 1. The summed E-state index contributed by atoms with van der Waals surface area (Å²) >= 11 is 0. The van der Waals surface area contributed by atoms with Crippen molar-refractivity contribution in [3.05, 3.63) is 65.9 Å². The summed E-state index contributed by atoms with van der Waals surface area (Å²) < 4.78 is 13.9. The number of amides is 1. The lowest BCUT2D eigenvalue weighted by atomic mass is 9.81. The number of nitrogens with two attached hydrogens (primary N) is 1. The van der Waals surface area contributed by atoms with Gasteiger partial charge in [0, 0.05) is 11.6 Å². The Bertz CT molecular complexity index is 1240. The van der Waals surface area contributed by atoms with Gasteiger partial charge in [0.05, 0.1) is 22.9 Å². The Kier molecular flexibility index (Phi) is 5.34. The van der Waals surface area contributed by atoms with Gasteiger partial charge >= 0.3 is 0 Å². The van der Waals surface area contributed by atoms with Gasteiger partial charge in [-0.15, -0.1) is 0 Å². The summed E-state index contributed by atoms with van der Waals surface area (Å²) in [4.78, 5) is 21.4. The first-order valence-corrected chi connectivity index (χ1v) is 11.4. The van der Waals surface area contributed by atoms with Crippen molar-refractivity contribution >= 4 is 22.5 Å². The quantitative estimate of drug-likeness (QED) is 0.617. The van der Waals surface area contributed by atoms with Crippen LogP contribution in [0.3, 0.4) is 0 Å². The summed E-state index contributed by atoms with van der Waals surface area (Å²) in [5, 5.41) is 12.6. The normalized spacial score (nSPS) is 25.9. The number of fused-ring (bicyclic) bond motifs is 2. The van der Waals surface area contributed by atoms with Crippen LogP contribution in [0.5, 0.6) is 0 Å². The highest BCUT2D eigenvalue weighted by atomic mass is 19.1. The monoisotopic (exact) mass is 443 g/mol. The molecule has 5 rings (SSSR count). The maximum atomic E-state index is 13.9. The number of nitrogens with zero attached hydrogens (tertiary/aromatic N) is 3. The second kappa shape index (κ2) is 8.20. The highest BCUT2D eigenvalue weighted by molar-refractivity contribution is 5.97. The van der Waals surface area contributed by atoms with Crippen molar-refractivity contribution in [1.29, 1.82) is 5.26 Å². The topological polar surface area (TPSA) is 105 Å². The first-order chi connectivity index (χ1) is 15.8. The van der Waals surface area contributed by atoms with E-state index in [1.54, 1.807) is 24.3 Å². The zero-order valence-electron chi connectivity index (χ0n) is 18.5. The third-order valence-corrected chi connectivity index (χ3v) is 7.67. The highest BCUT2D eigenvalue weighted by Crippen LogP contribution is 2.55. The van der Waals surface area contributed by atoms with E-state index >= 15 is 0 Å². The summed E-state index contributed by atoms with van der Waals surface area (Å²) in [6.07, 6.45) is 7.14. The third kappa shape index (κ3) is 3.96. The summed E-state index contributed by atoms with van der Waals surface area (Å²) in [5.74, 6) is 0.999. The summed E-state index contributed by atoms with van der Waals surface area (Å²) in [6, 6.07) is 12.0. The molecule has 2 aromatic heterocycles. The molecule has 1 unspecified atom stereocenters. The van der Waals surface area contributed by atoms with Crippen LogP contribution >= 0.6 is 0 Å². The van der Waals surface area contributed by atoms with E-state index in [0.29, 0.717) is 29.1 Å². The molecule has 0 saturated heterocycles. The summed E-state index contributed by atoms with van der Waals surface area (Å²) in [7, 11) is 0. The predicted octanol–water partition coefficient (Wildman–Crippen LogP) is 4.52. The van der Waals surface area contributed by atoms with Gasteiger partial charge in [-0.2, -0.15) is 5.26 Å². The number of anilines is 1. The van der Waals surface area contributed by atoms with Crippen molar-refractivity contribution in [1.82, 2.24) is 9.97 Å². The van der Waals surface area contributed by atoms with Crippen LogP contribution in [0, 0.1) is 34.9 Å². The summed E-state index contributed by atoms with van der Waals surface area (Å²) in [5.41, 5.74) is 8.41. The largest absolute Gasteiger partial charge is 0.323 e. The molecule has 2 aliphatic carbocycles. The van der Waals surface area contributed by atoms with E-state index in [2.05, 4.69) is 15.3 Å². The maximum Gasteiger partial charge on any atom is 0.244 e. The van der Waals surface area contributed by atoms with Crippen molar-refractivity contribution in [2.45, 2.75) is 44.1 Å². The van der Waals surface area contributed by atoms with Crippen LogP contribution in [0.2, 0.25) is 0 Å². The first-order valence-electron chi connectivity index (χ1n) is 11.4. The molecule has 3 aromatic rings. The zero-order valence-corrected chi connectivity index (χ0v) is 18.5. The Morgan fingerprint density at radius 3 is 2.58 bits per heavy atom. The molecule has 0 radical (unpaired) electrons. The number of carbonyl (C=O) groups excluding carboxylic acids is 1. The molecule has 1 amide bonds. The van der Waals surface area contributed by atoms with Crippen molar-refractivity contribution in [2.24, 2.45) is 23.5 Å². The average Bonchev–Trinajstić information content (AvgIpc) is 3.39. The van der Waals surface area contributed by atoms with Crippen molar-refractivity contribution in [2.75, 3.05) is 5.32 Å². The standard InChI is InChI=1S/C26H26FN5O/c1-26(29,25(33)32-21-4-3-20(13-28)31-14-21)18-10-15-8-17(9-16(15)11-18)22-6-7-30-24-5-2-19(27)12-23(22)24/h2-7,12,14-18H,8-11,29H2,1H3,(H,32,33)/t15-,16+,17-,18+,26?. The fraction of sp³-hybridized carbons (Fsp3) is 0.385. The van der Waals surface area contributed by atoms with Gasteiger partial charge in [-0.25, -0.2) is 9.37 Å². The van der Waals surface area contributed by atoms with Gasteiger partial charge in [-0.05, 0) is 98.2 Å². The minimum absolute atomic E-state index is 0.0893. The van der Waals surface area contributed by atoms with Crippen LogP contribution in [-0.4, -0.2) is 21.4 Å². The molecule has 168 valence electrons. The Morgan fingerprint density at radius 2 is 1.91 bits per heavy atom. The van der Waals surface area contributed by atoms with Gasteiger partial charge < -0.3 is 11.1 Å². The molecule has 1 aromatic carbocycles. The van der Waals surface area contributed by atoms with Crippen molar-refractivity contribution < 1.29 is 9.18 Å². The van der Waals surface area contributed by atoms with E-state index in [9.17, 15) is 9.18 Å². The van der Waals surface area contributed by atoms with Crippen molar-refractivity contribution in [3.8, 4) is 6.07 Å². The number of halogens is 1. The number of rotatable bonds is 4. The van der Waals surface area contributed by atoms with Gasteiger partial charge in [-0.3, -0.25) is 9.78 Å². The van der Waals surface area contributed by atoms with E-state index in [4.69, 9.17) is 11.0 Å². The van der Waals surface area contributed by atoms with Crippen LogP contribution in [0.4, 0.5) is 10.1 Å². The zero-order chi connectivity index (χ0) is 23.2. The molecule has 0 aliphatic heterocycles. The van der Waals surface area contributed by atoms with E-state index in [-0.39, 0.29) is 17.6 Å². The summed E-state index contributed by atoms with van der Waals surface area (Å²) in [6.45, 7) is 1.81. The SMILES string of the molecule is CC(N)(C(=O)Nc1ccc(C#N)nc1)[C@H]1C[C@H]2C[C@@H](c3ccnc4ccc(F)cc34)C[C@H]2C1. The van der Waals surface area contributed by atoms with Gasteiger partial charge in [-0.1, -0.05) is 0 Å². The molecular weight excluding hydrogens is 417 g/mol. The molecule has 0 spiro atoms. The van der Waals surface area contributed by atoms with Crippen LogP contribution < -0.4 is 11.1 Å². The Hall–Kier alpha value is -3.37. The number of benzene rings is 1. The van der Waals surface area contributed by atoms with E-state index in [1.807, 2.05) is 25.3 Å². The molecule has 6 nitrogen and oxygen atoms in total. The van der Waals surface area contributed by atoms with Crippen LogP contribution in [0.1, 0.15) is 49.8 Å². The Labute approximate surface area is 192 Å². The maximum absolute atomic E-state index is 13.9. The van der Waals surface area contributed by atoms with Crippen LogP contribution in [0.25, 0.3) is 10.9 Å². The molecule has 3 N–H and O–H groups in total. The fourth-order valence-electron chi connectivity index (χ4n) is 5.84. The predicted molar refractivity (Wildman–Crippen MR) is 124 cm³/mol. The van der Waals surface area contributed by atoms with Gasteiger partial charge in [0.1, 0.15) is 17.6 Å².